The van der Waals surface area contributed by atoms with E-state index in [1.165, 1.54) is 0 Å². The minimum absolute atomic E-state index is 0.0205. The minimum Gasteiger partial charge on any atom is -0.465 e. The summed E-state index contributed by atoms with van der Waals surface area (Å²) in [4.78, 5) is 11.5. The largest absolute Gasteiger partial charge is 0.465 e. The highest BCUT2D eigenvalue weighted by molar-refractivity contribution is 14.1. The van der Waals surface area contributed by atoms with Gasteiger partial charge in [0.2, 0.25) is 0 Å². The van der Waals surface area contributed by atoms with Crippen LogP contribution in [0.2, 0.25) is 0 Å². The number of halogens is 1. The molecule has 13 heavy (non-hydrogen) atoms. The predicted octanol–water partition coefficient (Wildman–Crippen LogP) is 1.92. The van der Waals surface area contributed by atoms with Crippen molar-refractivity contribution in [2.24, 2.45) is 0 Å². The van der Waals surface area contributed by atoms with Gasteiger partial charge in [0, 0.05) is 6.61 Å². The van der Waals surface area contributed by atoms with Crippen LogP contribution in [0.5, 0.6) is 0 Å². The van der Waals surface area contributed by atoms with Gasteiger partial charge < -0.3 is 9.47 Å². The smallest absolute Gasteiger partial charge is 0.324 e. The molecule has 2 atom stereocenters. The molecule has 1 heterocycles. The van der Waals surface area contributed by atoms with Crippen molar-refractivity contribution in [3.8, 4) is 0 Å². The molecule has 1 rings (SSSR count). The van der Waals surface area contributed by atoms with E-state index in [2.05, 4.69) is 22.6 Å². The molecule has 76 valence electrons. The molecule has 0 bridgehead atoms. The first-order valence-electron chi connectivity index (χ1n) is 4.56. The van der Waals surface area contributed by atoms with E-state index < -0.39 is 3.42 Å². The van der Waals surface area contributed by atoms with Crippen molar-refractivity contribution < 1.29 is 14.3 Å². The van der Waals surface area contributed by atoms with Crippen LogP contribution in [0.3, 0.4) is 0 Å². The highest BCUT2D eigenvalue weighted by Crippen LogP contribution is 2.32. The van der Waals surface area contributed by atoms with E-state index in [1.54, 1.807) is 0 Å². The van der Waals surface area contributed by atoms with Crippen LogP contribution < -0.4 is 0 Å². The van der Waals surface area contributed by atoms with Crippen LogP contribution >= 0.6 is 22.6 Å². The Bertz CT molecular complexity index is 185. The Morgan fingerprint density at radius 3 is 2.92 bits per heavy atom. The molecule has 1 saturated heterocycles. The van der Waals surface area contributed by atoms with E-state index in [9.17, 15) is 4.79 Å². The summed E-state index contributed by atoms with van der Waals surface area (Å²) in [6.07, 6.45) is 2.02. The third kappa shape index (κ3) is 2.56. The highest BCUT2D eigenvalue weighted by atomic mass is 127. The summed E-state index contributed by atoms with van der Waals surface area (Å²) < 4.78 is 9.95. The lowest BCUT2D eigenvalue weighted by atomic mass is 10.0. The van der Waals surface area contributed by atoms with Crippen LogP contribution in [0.25, 0.3) is 0 Å². The van der Waals surface area contributed by atoms with Gasteiger partial charge in [-0.2, -0.15) is 0 Å². The molecule has 0 spiro atoms. The molecule has 1 fully saturated rings. The molecule has 0 aromatic rings. The quantitative estimate of drug-likeness (QED) is 0.454. The number of hydrogen-bond donors (Lipinski definition) is 0. The van der Waals surface area contributed by atoms with Crippen LogP contribution in [0.1, 0.15) is 26.7 Å². The Morgan fingerprint density at radius 2 is 2.46 bits per heavy atom. The molecule has 4 heteroatoms. The van der Waals surface area contributed by atoms with Crippen molar-refractivity contribution in [1.82, 2.24) is 0 Å². The van der Waals surface area contributed by atoms with Gasteiger partial charge in [-0.15, -0.1) is 0 Å². The van der Waals surface area contributed by atoms with Gasteiger partial charge in [0.25, 0.3) is 0 Å². The number of alkyl halides is 1. The number of carbonyl (C=O) groups is 1. The standard InChI is InChI=1S/C9H15IO3/c1-3-12-8(11)9(2,10)7-5-4-6-13-7/h7H,3-6H2,1-2H3/t7-,9+/m1/s1. The first kappa shape index (κ1) is 11.2. The molecular weight excluding hydrogens is 283 g/mol. The molecule has 0 N–H and O–H groups in total. The molecule has 0 aromatic carbocycles. The van der Waals surface area contributed by atoms with Crippen molar-refractivity contribution in [1.29, 1.82) is 0 Å². The summed E-state index contributed by atoms with van der Waals surface area (Å²) in [5.74, 6) is -0.164. The predicted molar refractivity (Wildman–Crippen MR) is 58.0 cm³/mol. The Labute approximate surface area is 92.3 Å². The molecule has 3 nitrogen and oxygen atoms in total. The Kier molecular flexibility index (Phi) is 3.97. The van der Waals surface area contributed by atoms with Crippen LogP contribution in [0.4, 0.5) is 0 Å². The fourth-order valence-corrected chi connectivity index (χ4v) is 2.06. The maximum atomic E-state index is 11.5. The average Bonchev–Trinajstić information content (AvgIpc) is 2.56. The first-order chi connectivity index (χ1) is 6.09. The summed E-state index contributed by atoms with van der Waals surface area (Å²) in [7, 11) is 0. The topological polar surface area (TPSA) is 35.5 Å². The number of hydrogen-bond acceptors (Lipinski definition) is 3. The third-order valence-corrected chi connectivity index (χ3v) is 3.34. The summed E-state index contributed by atoms with van der Waals surface area (Å²) in [6.45, 7) is 4.90. The second kappa shape index (κ2) is 4.59. The Hall–Kier alpha value is 0.160. The molecule has 0 aliphatic carbocycles. The van der Waals surface area contributed by atoms with Crippen molar-refractivity contribution in [2.75, 3.05) is 13.2 Å². The zero-order chi connectivity index (χ0) is 9.90. The first-order valence-corrected chi connectivity index (χ1v) is 5.64. The maximum absolute atomic E-state index is 11.5. The molecular formula is C9H15IO3. The molecule has 0 radical (unpaired) electrons. The lowest BCUT2D eigenvalue weighted by Crippen LogP contribution is -2.41. The van der Waals surface area contributed by atoms with Gasteiger partial charge in [-0.25, -0.2) is 0 Å². The van der Waals surface area contributed by atoms with Gasteiger partial charge in [0.05, 0.1) is 12.7 Å². The van der Waals surface area contributed by atoms with Crippen molar-refractivity contribution in [3.63, 3.8) is 0 Å². The van der Waals surface area contributed by atoms with Crippen LogP contribution in [0.15, 0.2) is 0 Å². The van der Waals surface area contributed by atoms with Crippen molar-refractivity contribution >= 4 is 28.6 Å². The Balaban J connectivity index is 2.57. The third-order valence-electron chi connectivity index (χ3n) is 2.21. The fourth-order valence-electron chi connectivity index (χ4n) is 1.41. The maximum Gasteiger partial charge on any atom is 0.324 e. The number of esters is 1. The fraction of sp³-hybridized carbons (Fsp3) is 0.889. The zero-order valence-electron chi connectivity index (χ0n) is 8.01. The monoisotopic (exact) mass is 298 g/mol. The summed E-state index contributed by atoms with van der Waals surface area (Å²) >= 11 is 2.13. The van der Waals surface area contributed by atoms with E-state index in [0.29, 0.717) is 6.61 Å². The van der Waals surface area contributed by atoms with E-state index in [-0.39, 0.29) is 12.1 Å². The molecule has 1 aliphatic rings. The number of rotatable bonds is 3. The SMILES string of the molecule is CCOC(=O)[C@@](C)(I)[C@H]1CCCO1. The van der Waals surface area contributed by atoms with Crippen molar-refractivity contribution in [2.45, 2.75) is 36.2 Å². The Morgan fingerprint density at radius 1 is 1.77 bits per heavy atom. The highest BCUT2D eigenvalue weighted by Gasteiger charge is 2.42. The van der Waals surface area contributed by atoms with E-state index in [0.717, 1.165) is 19.4 Å². The second-order valence-electron chi connectivity index (χ2n) is 3.30. The zero-order valence-corrected chi connectivity index (χ0v) is 10.2. The van der Waals surface area contributed by atoms with E-state index >= 15 is 0 Å². The van der Waals surface area contributed by atoms with Gasteiger partial charge in [0.15, 0.2) is 0 Å². The second-order valence-corrected chi connectivity index (χ2v) is 5.54. The van der Waals surface area contributed by atoms with E-state index in [4.69, 9.17) is 9.47 Å². The van der Waals surface area contributed by atoms with Crippen LogP contribution in [-0.4, -0.2) is 28.7 Å². The molecule has 0 aromatic heterocycles. The van der Waals surface area contributed by atoms with Crippen LogP contribution in [-0.2, 0) is 14.3 Å². The number of carbonyl (C=O) groups excluding carboxylic acids is 1. The molecule has 0 unspecified atom stereocenters. The average molecular weight is 298 g/mol. The lowest BCUT2D eigenvalue weighted by Gasteiger charge is -2.26. The van der Waals surface area contributed by atoms with Crippen molar-refractivity contribution in [3.05, 3.63) is 0 Å². The van der Waals surface area contributed by atoms with E-state index in [1.807, 2.05) is 13.8 Å². The summed E-state index contributed by atoms with van der Waals surface area (Å²) in [6, 6.07) is 0. The molecule has 0 saturated carbocycles. The molecule has 0 amide bonds. The number of ether oxygens (including phenoxy) is 2. The summed E-state index contributed by atoms with van der Waals surface area (Å²) in [5, 5.41) is 0. The lowest BCUT2D eigenvalue weighted by molar-refractivity contribution is -0.148. The van der Waals surface area contributed by atoms with Gasteiger partial charge in [0.1, 0.15) is 3.42 Å². The normalized spacial score (nSPS) is 26.8. The van der Waals surface area contributed by atoms with Crippen LogP contribution in [0, 0.1) is 0 Å². The van der Waals surface area contributed by atoms with Gasteiger partial charge in [-0.3, -0.25) is 4.79 Å². The van der Waals surface area contributed by atoms with Gasteiger partial charge in [-0.05, 0) is 26.7 Å². The van der Waals surface area contributed by atoms with Gasteiger partial charge in [-0.1, -0.05) is 22.6 Å². The molecule has 1 aliphatic heterocycles. The minimum atomic E-state index is -0.524. The van der Waals surface area contributed by atoms with Gasteiger partial charge >= 0.3 is 5.97 Å². The summed E-state index contributed by atoms with van der Waals surface area (Å²) in [5.41, 5.74) is 0.